The first-order chi connectivity index (χ1) is 8.15. The van der Waals surface area contributed by atoms with Crippen LogP contribution >= 0.6 is 0 Å². The van der Waals surface area contributed by atoms with E-state index < -0.39 is 0 Å². The summed E-state index contributed by atoms with van der Waals surface area (Å²) in [6, 6.07) is 1.98. The van der Waals surface area contributed by atoms with Crippen molar-refractivity contribution in [2.45, 2.75) is 33.1 Å². The first-order valence-electron chi connectivity index (χ1n) is 6.28. The topological polar surface area (TPSA) is 56.1 Å². The maximum atomic E-state index is 12.0. The number of nitrogens with one attached hydrogen (secondary N) is 1. The minimum absolute atomic E-state index is 0.136. The molecule has 0 aromatic rings. The van der Waals surface area contributed by atoms with Crippen molar-refractivity contribution < 1.29 is 4.79 Å². The van der Waals surface area contributed by atoms with Crippen LogP contribution in [-0.4, -0.2) is 30.4 Å². The third-order valence-corrected chi connectivity index (χ3v) is 2.77. The highest BCUT2D eigenvalue weighted by atomic mass is 16.2. The third kappa shape index (κ3) is 4.48. The SMILES string of the molecule is CC(C)CN/C=C(/C#N)C(=O)N1CCCCC1. The van der Waals surface area contributed by atoms with E-state index in [0.717, 1.165) is 32.5 Å². The summed E-state index contributed by atoms with van der Waals surface area (Å²) in [7, 11) is 0. The summed E-state index contributed by atoms with van der Waals surface area (Å²) in [6.45, 7) is 6.50. The van der Waals surface area contributed by atoms with Gasteiger partial charge in [0.15, 0.2) is 0 Å². The number of rotatable bonds is 4. The Morgan fingerprint density at radius 1 is 1.41 bits per heavy atom. The van der Waals surface area contributed by atoms with Crippen molar-refractivity contribution in [3.63, 3.8) is 0 Å². The van der Waals surface area contributed by atoms with Gasteiger partial charge in [0.1, 0.15) is 11.6 Å². The monoisotopic (exact) mass is 235 g/mol. The van der Waals surface area contributed by atoms with Gasteiger partial charge in [0.25, 0.3) is 5.91 Å². The minimum Gasteiger partial charge on any atom is -0.389 e. The fourth-order valence-electron chi connectivity index (χ4n) is 1.81. The van der Waals surface area contributed by atoms with Gasteiger partial charge in [0, 0.05) is 25.8 Å². The van der Waals surface area contributed by atoms with Gasteiger partial charge in [-0.25, -0.2) is 0 Å². The number of hydrogen-bond acceptors (Lipinski definition) is 3. The molecule has 0 saturated carbocycles. The van der Waals surface area contributed by atoms with Crippen LogP contribution in [0.15, 0.2) is 11.8 Å². The molecule has 0 atom stereocenters. The van der Waals surface area contributed by atoms with Gasteiger partial charge in [-0.3, -0.25) is 4.79 Å². The molecule has 1 heterocycles. The summed E-state index contributed by atoms with van der Waals surface area (Å²) in [4.78, 5) is 13.8. The molecule has 0 aromatic carbocycles. The molecule has 17 heavy (non-hydrogen) atoms. The van der Waals surface area contributed by atoms with Crippen molar-refractivity contribution in [2.75, 3.05) is 19.6 Å². The van der Waals surface area contributed by atoms with E-state index in [9.17, 15) is 4.79 Å². The number of carbonyl (C=O) groups is 1. The van der Waals surface area contributed by atoms with Crippen molar-refractivity contribution in [2.24, 2.45) is 5.92 Å². The molecule has 0 bridgehead atoms. The summed E-state index contributed by atoms with van der Waals surface area (Å²) in [5.74, 6) is 0.361. The normalized spacial score (nSPS) is 16.8. The number of nitriles is 1. The van der Waals surface area contributed by atoms with Gasteiger partial charge in [-0.15, -0.1) is 0 Å². The summed E-state index contributed by atoms with van der Waals surface area (Å²) < 4.78 is 0. The molecule has 0 aromatic heterocycles. The van der Waals surface area contributed by atoms with Crippen LogP contribution in [0.4, 0.5) is 0 Å². The second-order valence-electron chi connectivity index (χ2n) is 4.82. The zero-order valence-corrected chi connectivity index (χ0v) is 10.7. The Balaban J connectivity index is 2.54. The van der Waals surface area contributed by atoms with Crippen LogP contribution in [0.2, 0.25) is 0 Å². The zero-order valence-electron chi connectivity index (χ0n) is 10.7. The van der Waals surface area contributed by atoms with Crippen LogP contribution in [0, 0.1) is 17.2 Å². The van der Waals surface area contributed by atoms with E-state index in [4.69, 9.17) is 5.26 Å². The van der Waals surface area contributed by atoms with Gasteiger partial charge >= 0.3 is 0 Å². The number of nitrogens with zero attached hydrogens (tertiary/aromatic N) is 2. The lowest BCUT2D eigenvalue weighted by molar-refractivity contribution is -0.127. The standard InChI is InChI=1S/C13H21N3O/c1-11(2)9-15-10-12(8-14)13(17)16-6-4-3-5-7-16/h10-11,15H,3-7,9H2,1-2H3/b12-10-. The quantitative estimate of drug-likeness (QED) is 0.595. The van der Waals surface area contributed by atoms with Crippen LogP contribution in [0.1, 0.15) is 33.1 Å². The van der Waals surface area contributed by atoms with Gasteiger partial charge in [0.2, 0.25) is 0 Å². The van der Waals surface area contributed by atoms with E-state index in [1.54, 1.807) is 11.1 Å². The predicted molar refractivity (Wildman–Crippen MR) is 67.0 cm³/mol. The summed E-state index contributed by atoms with van der Waals surface area (Å²) in [6.07, 6.45) is 4.83. The van der Waals surface area contributed by atoms with E-state index in [1.807, 2.05) is 6.07 Å². The van der Waals surface area contributed by atoms with Crippen molar-refractivity contribution in [3.05, 3.63) is 11.8 Å². The molecule has 1 fully saturated rings. The molecular formula is C13H21N3O. The molecule has 1 saturated heterocycles. The number of likely N-dealkylation sites (tertiary alicyclic amines) is 1. The highest BCUT2D eigenvalue weighted by Gasteiger charge is 2.19. The second-order valence-corrected chi connectivity index (χ2v) is 4.82. The number of hydrogen-bond donors (Lipinski definition) is 1. The summed E-state index contributed by atoms with van der Waals surface area (Å²) in [5, 5.41) is 12.0. The molecule has 94 valence electrons. The van der Waals surface area contributed by atoms with Gasteiger partial charge in [-0.05, 0) is 25.2 Å². The average molecular weight is 235 g/mol. The lowest BCUT2D eigenvalue weighted by Gasteiger charge is -2.26. The number of amides is 1. The molecular weight excluding hydrogens is 214 g/mol. The fraction of sp³-hybridized carbons (Fsp3) is 0.692. The van der Waals surface area contributed by atoms with Crippen LogP contribution in [0.3, 0.4) is 0 Å². The smallest absolute Gasteiger partial charge is 0.265 e. The molecule has 0 radical (unpaired) electrons. The molecule has 4 nitrogen and oxygen atoms in total. The molecule has 4 heteroatoms. The second kappa shape index (κ2) is 6.95. The van der Waals surface area contributed by atoms with E-state index >= 15 is 0 Å². The Morgan fingerprint density at radius 3 is 2.59 bits per heavy atom. The van der Waals surface area contributed by atoms with E-state index in [-0.39, 0.29) is 11.5 Å². The Labute approximate surface area is 103 Å². The fourth-order valence-corrected chi connectivity index (χ4v) is 1.81. The van der Waals surface area contributed by atoms with Gasteiger partial charge < -0.3 is 10.2 Å². The lowest BCUT2D eigenvalue weighted by Crippen LogP contribution is -2.36. The first kappa shape index (κ1) is 13.6. The molecule has 1 aliphatic rings. The zero-order chi connectivity index (χ0) is 12.7. The molecule has 0 aliphatic carbocycles. The summed E-state index contributed by atoms with van der Waals surface area (Å²) >= 11 is 0. The van der Waals surface area contributed by atoms with Crippen LogP contribution in [-0.2, 0) is 4.79 Å². The molecule has 1 N–H and O–H groups in total. The highest BCUT2D eigenvalue weighted by molar-refractivity contribution is 5.97. The Hall–Kier alpha value is -1.50. The third-order valence-electron chi connectivity index (χ3n) is 2.77. The van der Waals surface area contributed by atoms with Crippen LogP contribution in [0.25, 0.3) is 0 Å². The predicted octanol–water partition coefficient (Wildman–Crippen LogP) is 1.65. The van der Waals surface area contributed by atoms with Crippen LogP contribution < -0.4 is 5.32 Å². The summed E-state index contributed by atoms with van der Waals surface area (Å²) in [5.41, 5.74) is 0.215. The average Bonchev–Trinajstić information content (AvgIpc) is 2.34. The molecule has 0 unspecified atom stereocenters. The van der Waals surface area contributed by atoms with Crippen molar-refractivity contribution in [3.8, 4) is 6.07 Å². The van der Waals surface area contributed by atoms with E-state index in [2.05, 4.69) is 19.2 Å². The van der Waals surface area contributed by atoms with Gasteiger partial charge in [-0.2, -0.15) is 5.26 Å². The molecule has 1 amide bonds. The highest BCUT2D eigenvalue weighted by Crippen LogP contribution is 2.11. The van der Waals surface area contributed by atoms with Crippen LogP contribution in [0.5, 0.6) is 0 Å². The lowest BCUT2D eigenvalue weighted by atomic mass is 10.1. The molecule has 1 aliphatic heterocycles. The Bertz CT molecular complexity index is 322. The molecule has 0 spiro atoms. The maximum absolute atomic E-state index is 12.0. The minimum atomic E-state index is -0.136. The number of piperidine rings is 1. The van der Waals surface area contributed by atoms with Crippen molar-refractivity contribution in [1.82, 2.24) is 10.2 Å². The van der Waals surface area contributed by atoms with Gasteiger partial charge in [0.05, 0.1) is 0 Å². The Kier molecular flexibility index (Phi) is 5.55. The largest absolute Gasteiger partial charge is 0.389 e. The maximum Gasteiger partial charge on any atom is 0.265 e. The molecule has 1 rings (SSSR count). The first-order valence-corrected chi connectivity index (χ1v) is 6.28. The number of carbonyl (C=O) groups excluding carboxylic acids is 1. The van der Waals surface area contributed by atoms with Crippen molar-refractivity contribution >= 4 is 5.91 Å². The van der Waals surface area contributed by atoms with Gasteiger partial charge in [-0.1, -0.05) is 13.8 Å². The van der Waals surface area contributed by atoms with E-state index in [1.165, 1.54) is 6.42 Å². The Morgan fingerprint density at radius 2 is 2.06 bits per heavy atom. The van der Waals surface area contributed by atoms with Crippen molar-refractivity contribution in [1.29, 1.82) is 5.26 Å². The van der Waals surface area contributed by atoms with E-state index in [0.29, 0.717) is 5.92 Å².